The van der Waals surface area contributed by atoms with E-state index < -0.39 is 23.8 Å². The van der Waals surface area contributed by atoms with Gasteiger partial charge in [-0.2, -0.15) is 0 Å². The Labute approximate surface area is 181 Å². The molecule has 2 bridgehead atoms. The van der Waals surface area contributed by atoms with E-state index in [-0.39, 0.29) is 31.8 Å². The second-order valence-corrected chi connectivity index (χ2v) is 9.11. The Hall–Kier alpha value is -2.19. The highest BCUT2D eigenvalue weighted by Gasteiger charge is 2.51. The minimum Gasteiger partial charge on any atom is -0.483 e. The number of benzene rings is 1. The molecule has 1 aliphatic carbocycles. The van der Waals surface area contributed by atoms with E-state index >= 15 is 0 Å². The van der Waals surface area contributed by atoms with Gasteiger partial charge in [0.25, 0.3) is 18.2 Å². The van der Waals surface area contributed by atoms with E-state index in [1.165, 1.54) is 0 Å². The molecule has 0 aromatic heterocycles. The highest BCUT2D eigenvalue weighted by molar-refractivity contribution is 5.82. The monoisotopic (exact) mass is 432 g/mol. The molecule has 31 heavy (non-hydrogen) atoms. The number of nitrogens with one attached hydrogen (secondary N) is 1. The zero-order valence-electron chi connectivity index (χ0n) is 17.6. The first-order chi connectivity index (χ1) is 15.1. The minimum atomic E-state index is -1.97. The lowest BCUT2D eigenvalue weighted by Crippen LogP contribution is -2.73. The van der Waals surface area contributed by atoms with Crippen LogP contribution in [0.25, 0.3) is 0 Å². The summed E-state index contributed by atoms with van der Waals surface area (Å²) in [7, 11) is 0. The predicted molar refractivity (Wildman–Crippen MR) is 109 cm³/mol. The average Bonchev–Trinajstić information content (AvgIpc) is 2.81. The Morgan fingerprint density at radius 3 is 2.71 bits per heavy atom. The van der Waals surface area contributed by atoms with Crippen molar-refractivity contribution in [2.75, 3.05) is 26.4 Å². The van der Waals surface area contributed by atoms with Crippen molar-refractivity contribution in [3.05, 3.63) is 29.8 Å². The summed E-state index contributed by atoms with van der Waals surface area (Å²) in [5.41, 5.74) is 0.310. The third-order valence-corrected chi connectivity index (χ3v) is 7.30. The SMILES string of the molecule is O=C1N[C@]2(CCCN3C(=O)COc4ccccc4[C@H]4CC[C@H](CC4)OC[C@H]32)COC1F. The van der Waals surface area contributed by atoms with Gasteiger partial charge in [0.15, 0.2) is 6.61 Å². The van der Waals surface area contributed by atoms with Gasteiger partial charge in [0.1, 0.15) is 5.75 Å². The van der Waals surface area contributed by atoms with E-state index in [1.54, 1.807) is 4.90 Å². The molecule has 168 valence electrons. The summed E-state index contributed by atoms with van der Waals surface area (Å²) in [6.07, 6.45) is 3.30. The third kappa shape index (κ3) is 3.91. The standard InChI is InChI=1S/C23H29FN2O5/c24-21-22(28)25-23(14-31-21)10-3-11-26-19(23)12-29-16-8-6-15(7-9-16)17-4-1-2-5-18(17)30-13-20(26)27/h1-2,4-5,15-16,19,21H,3,6-14H2,(H,25,28)/t15-,16+,19-,21?,23+/m0/s1. The highest BCUT2D eigenvalue weighted by Crippen LogP contribution is 2.39. The summed E-state index contributed by atoms with van der Waals surface area (Å²) in [4.78, 5) is 27.1. The van der Waals surface area contributed by atoms with E-state index in [2.05, 4.69) is 11.4 Å². The zero-order valence-corrected chi connectivity index (χ0v) is 17.6. The van der Waals surface area contributed by atoms with Crippen molar-refractivity contribution in [1.29, 1.82) is 0 Å². The molecular formula is C23H29FN2O5. The molecule has 1 aromatic rings. The fraction of sp³-hybridized carbons (Fsp3) is 0.652. The topological polar surface area (TPSA) is 77.1 Å². The van der Waals surface area contributed by atoms with E-state index in [0.29, 0.717) is 25.3 Å². The normalized spacial score (nSPS) is 36.4. The number of ether oxygens (including phenoxy) is 3. The number of carbonyl (C=O) groups excluding carboxylic acids is 2. The number of alkyl halides is 1. The number of rotatable bonds is 0. The molecule has 3 atom stereocenters. The molecule has 1 saturated carbocycles. The number of piperidine rings is 1. The Bertz CT molecular complexity index is 843. The molecule has 4 heterocycles. The molecule has 1 unspecified atom stereocenters. The molecule has 6 rings (SSSR count). The number of para-hydroxylation sites is 1. The first kappa shape index (κ1) is 20.7. The summed E-state index contributed by atoms with van der Waals surface area (Å²) >= 11 is 0. The fourth-order valence-electron chi connectivity index (χ4n) is 5.62. The molecular weight excluding hydrogens is 403 g/mol. The van der Waals surface area contributed by atoms with Crippen molar-refractivity contribution < 1.29 is 28.2 Å². The fourth-order valence-corrected chi connectivity index (χ4v) is 5.62. The van der Waals surface area contributed by atoms with Gasteiger partial charge >= 0.3 is 0 Å². The number of carbonyl (C=O) groups is 2. The molecule has 3 fully saturated rings. The van der Waals surface area contributed by atoms with Crippen LogP contribution in [0.15, 0.2) is 24.3 Å². The maximum atomic E-state index is 13.7. The summed E-state index contributed by atoms with van der Waals surface area (Å²) in [5, 5.41) is 2.83. The lowest BCUT2D eigenvalue weighted by atomic mass is 9.80. The molecule has 4 aliphatic heterocycles. The summed E-state index contributed by atoms with van der Waals surface area (Å²) in [6.45, 7) is 0.769. The van der Waals surface area contributed by atoms with Crippen LogP contribution >= 0.6 is 0 Å². The molecule has 7 nitrogen and oxygen atoms in total. The van der Waals surface area contributed by atoms with Gasteiger partial charge in [0, 0.05) is 6.54 Å². The van der Waals surface area contributed by atoms with Crippen molar-refractivity contribution in [1.82, 2.24) is 10.2 Å². The summed E-state index contributed by atoms with van der Waals surface area (Å²) in [5.74, 6) is 0.213. The molecule has 8 heteroatoms. The molecule has 2 saturated heterocycles. The zero-order chi connectivity index (χ0) is 21.4. The van der Waals surface area contributed by atoms with Crippen LogP contribution in [0.5, 0.6) is 5.75 Å². The van der Waals surface area contributed by atoms with E-state index in [1.807, 2.05) is 18.2 Å². The van der Waals surface area contributed by atoms with Gasteiger partial charge in [-0.15, -0.1) is 0 Å². The Balaban J connectivity index is 1.45. The smallest absolute Gasteiger partial charge is 0.282 e. The summed E-state index contributed by atoms with van der Waals surface area (Å²) in [6, 6.07) is 7.53. The minimum absolute atomic E-state index is 0.0220. The van der Waals surface area contributed by atoms with Crippen LogP contribution in [0.2, 0.25) is 0 Å². The van der Waals surface area contributed by atoms with Crippen LogP contribution in [-0.2, 0) is 19.1 Å². The van der Waals surface area contributed by atoms with E-state index in [9.17, 15) is 14.0 Å². The number of halogens is 1. The first-order valence-electron chi connectivity index (χ1n) is 11.3. The molecule has 0 radical (unpaired) electrons. The van der Waals surface area contributed by atoms with Gasteiger partial charge in [-0.3, -0.25) is 9.59 Å². The number of nitrogens with zero attached hydrogens (tertiary/aromatic N) is 1. The van der Waals surface area contributed by atoms with Gasteiger partial charge < -0.3 is 24.4 Å². The Kier molecular flexibility index (Phi) is 5.60. The lowest BCUT2D eigenvalue weighted by Gasteiger charge is -2.51. The third-order valence-electron chi connectivity index (χ3n) is 7.30. The van der Waals surface area contributed by atoms with Gasteiger partial charge in [0.2, 0.25) is 0 Å². The number of morpholine rings is 1. The van der Waals surface area contributed by atoms with Gasteiger partial charge in [-0.05, 0) is 56.1 Å². The quantitative estimate of drug-likeness (QED) is 0.681. The predicted octanol–water partition coefficient (Wildman–Crippen LogP) is 2.29. The van der Waals surface area contributed by atoms with Crippen LogP contribution in [0.4, 0.5) is 4.39 Å². The largest absolute Gasteiger partial charge is 0.483 e. The van der Waals surface area contributed by atoms with Crippen molar-refractivity contribution in [3.63, 3.8) is 0 Å². The number of hydrogen-bond acceptors (Lipinski definition) is 5. The van der Waals surface area contributed by atoms with Gasteiger partial charge in [-0.1, -0.05) is 18.2 Å². The maximum absolute atomic E-state index is 13.7. The lowest BCUT2D eigenvalue weighted by molar-refractivity contribution is -0.177. The molecule has 1 aromatic carbocycles. The Morgan fingerprint density at radius 2 is 1.90 bits per heavy atom. The van der Waals surface area contributed by atoms with Gasteiger partial charge in [0.05, 0.1) is 30.9 Å². The molecule has 1 N–H and O–H groups in total. The molecule has 5 aliphatic rings. The van der Waals surface area contributed by atoms with Crippen LogP contribution in [0.1, 0.15) is 50.0 Å². The average molecular weight is 432 g/mol. The molecule has 2 amide bonds. The second-order valence-electron chi connectivity index (χ2n) is 9.11. The van der Waals surface area contributed by atoms with Crippen molar-refractivity contribution >= 4 is 11.8 Å². The van der Waals surface area contributed by atoms with Crippen molar-refractivity contribution in [2.24, 2.45) is 0 Å². The van der Waals surface area contributed by atoms with Crippen LogP contribution in [0, 0.1) is 0 Å². The van der Waals surface area contributed by atoms with Crippen LogP contribution < -0.4 is 10.1 Å². The number of amides is 2. The van der Waals surface area contributed by atoms with Crippen LogP contribution in [0.3, 0.4) is 0 Å². The van der Waals surface area contributed by atoms with E-state index in [0.717, 1.165) is 37.0 Å². The number of hydrogen-bond donors (Lipinski definition) is 1. The molecule has 1 spiro atoms. The summed E-state index contributed by atoms with van der Waals surface area (Å²) < 4.78 is 31.2. The maximum Gasteiger partial charge on any atom is 0.282 e. The van der Waals surface area contributed by atoms with Crippen molar-refractivity contribution in [2.45, 2.75) is 68.5 Å². The van der Waals surface area contributed by atoms with E-state index in [4.69, 9.17) is 14.2 Å². The Morgan fingerprint density at radius 1 is 1.10 bits per heavy atom. The second kappa shape index (κ2) is 8.39. The van der Waals surface area contributed by atoms with Crippen LogP contribution in [-0.4, -0.2) is 67.1 Å². The first-order valence-corrected chi connectivity index (χ1v) is 11.3. The highest BCUT2D eigenvalue weighted by atomic mass is 19.1. The number of fused-ring (bicyclic) bond motifs is 5. The van der Waals surface area contributed by atoms with Crippen molar-refractivity contribution in [3.8, 4) is 5.75 Å². The van der Waals surface area contributed by atoms with Gasteiger partial charge in [-0.25, -0.2) is 4.39 Å².